The number of oxime groups is 1. The van der Waals surface area contributed by atoms with Crippen molar-refractivity contribution in [2.24, 2.45) is 5.16 Å². The molecule has 2 aliphatic rings. The molecule has 6 nitrogen and oxygen atoms in total. The topological polar surface area (TPSA) is 62.2 Å². The van der Waals surface area contributed by atoms with Gasteiger partial charge >= 0.3 is 0 Å². The summed E-state index contributed by atoms with van der Waals surface area (Å²) in [4.78, 5) is 34.2. The van der Waals surface area contributed by atoms with Crippen molar-refractivity contribution in [3.8, 4) is 0 Å². The zero-order valence-corrected chi connectivity index (χ0v) is 15.9. The van der Waals surface area contributed by atoms with Crippen LogP contribution < -0.4 is 9.80 Å². The zero-order chi connectivity index (χ0) is 19.5. The van der Waals surface area contributed by atoms with Gasteiger partial charge in [-0.1, -0.05) is 48.5 Å². The molecular formula is C22H23N3O3. The highest BCUT2D eigenvalue weighted by Gasteiger charge is 2.34. The molecule has 0 saturated heterocycles. The van der Waals surface area contributed by atoms with Crippen molar-refractivity contribution in [3.05, 3.63) is 59.7 Å². The van der Waals surface area contributed by atoms with Crippen LogP contribution in [0.4, 0.5) is 11.4 Å². The monoisotopic (exact) mass is 377 g/mol. The molecule has 0 radical (unpaired) electrons. The van der Waals surface area contributed by atoms with Gasteiger partial charge in [-0.05, 0) is 37.0 Å². The molecule has 0 N–H and O–H groups in total. The van der Waals surface area contributed by atoms with E-state index in [-0.39, 0.29) is 24.1 Å². The van der Waals surface area contributed by atoms with Gasteiger partial charge in [0.15, 0.2) is 12.3 Å². The van der Waals surface area contributed by atoms with Crippen LogP contribution >= 0.6 is 0 Å². The van der Waals surface area contributed by atoms with E-state index in [4.69, 9.17) is 4.84 Å². The lowest BCUT2D eigenvalue weighted by atomic mass is 10.0. The highest BCUT2D eigenvalue weighted by atomic mass is 16.6. The minimum absolute atomic E-state index is 0.152. The van der Waals surface area contributed by atoms with Crippen LogP contribution in [0.5, 0.6) is 0 Å². The maximum atomic E-state index is 12.7. The molecule has 28 heavy (non-hydrogen) atoms. The summed E-state index contributed by atoms with van der Waals surface area (Å²) in [7, 11) is 0. The van der Waals surface area contributed by atoms with Crippen LogP contribution in [0, 0.1) is 0 Å². The van der Waals surface area contributed by atoms with Crippen molar-refractivity contribution in [1.82, 2.24) is 0 Å². The lowest BCUT2D eigenvalue weighted by Crippen LogP contribution is -2.37. The van der Waals surface area contributed by atoms with Crippen LogP contribution in [-0.4, -0.2) is 37.2 Å². The van der Waals surface area contributed by atoms with Crippen LogP contribution in [-0.2, 0) is 20.8 Å². The smallest absolute Gasteiger partial charge is 0.281 e. The average Bonchev–Trinajstić information content (AvgIpc) is 2.99. The molecule has 6 heteroatoms. The highest BCUT2D eigenvalue weighted by molar-refractivity contribution is 6.54. The van der Waals surface area contributed by atoms with E-state index in [0.29, 0.717) is 13.1 Å². The first kappa shape index (κ1) is 18.2. The molecular weight excluding hydrogens is 354 g/mol. The molecule has 0 aliphatic carbocycles. The molecule has 2 aliphatic heterocycles. The molecule has 0 unspecified atom stereocenters. The minimum atomic E-state index is -0.193. The summed E-state index contributed by atoms with van der Waals surface area (Å²) in [6.07, 6.45) is 2.75. The number of hydrogen-bond donors (Lipinski definition) is 0. The Morgan fingerprint density at radius 1 is 1.11 bits per heavy atom. The summed E-state index contributed by atoms with van der Waals surface area (Å²) in [5.74, 6) is -0.334. The van der Waals surface area contributed by atoms with Gasteiger partial charge in [-0.3, -0.25) is 9.59 Å². The van der Waals surface area contributed by atoms with Gasteiger partial charge in [-0.25, -0.2) is 0 Å². The molecule has 0 fully saturated rings. The molecule has 0 saturated carbocycles. The highest BCUT2D eigenvalue weighted by Crippen LogP contribution is 2.29. The third-order valence-corrected chi connectivity index (χ3v) is 5.10. The minimum Gasteiger partial charge on any atom is -0.385 e. The molecule has 144 valence electrons. The quantitative estimate of drug-likeness (QED) is 0.752. The van der Waals surface area contributed by atoms with Gasteiger partial charge in [-0.2, -0.15) is 0 Å². The molecule has 0 atom stereocenters. The molecule has 0 spiro atoms. The van der Waals surface area contributed by atoms with Crippen LogP contribution in [0.15, 0.2) is 53.7 Å². The number of aryl methyl sites for hydroxylation is 1. The Labute approximate surface area is 164 Å². The van der Waals surface area contributed by atoms with Gasteiger partial charge in [0.1, 0.15) is 0 Å². The SMILES string of the molecule is CCCN1C(=O)/C(=N/OCC(=O)N2CCCc3ccccc32)c2ccccc21. The molecule has 0 bridgehead atoms. The van der Waals surface area contributed by atoms with Crippen LogP contribution in [0.25, 0.3) is 0 Å². The summed E-state index contributed by atoms with van der Waals surface area (Å²) in [5.41, 5.74) is 3.95. The Morgan fingerprint density at radius 3 is 2.68 bits per heavy atom. The molecule has 2 aromatic carbocycles. The number of rotatable bonds is 5. The molecule has 2 amide bonds. The normalized spacial score (nSPS) is 16.9. The predicted octanol–water partition coefficient (Wildman–Crippen LogP) is 3.14. The fourth-order valence-electron chi connectivity index (χ4n) is 3.82. The molecule has 2 aromatic rings. The maximum Gasteiger partial charge on any atom is 0.281 e. The van der Waals surface area contributed by atoms with Crippen LogP contribution in [0.1, 0.15) is 30.9 Å². The van der Waals surface area contributed by atoms with Crippen molar-refractivity contribution < 1.29 is 14.4 Å². The Hall–Kier alpha value is -3.15. The second-order valence-corrected chi connectivity index (χ2v) is 6.96. The summed E-state index contributed by atoms with van der Waals surface area (Å²) in [6.45, 7) is 3.12. The average molecular weight is 377 g/mol. The Balaban J connectivity index is 1.48. The predicted molar refractivity (Wildman–Crippen MR) is 109 cm³/mol. The van der Waals surface area contributed by atoms with Crippen molar-refractivity contribution in [2.75, 3.05) is 29.5 Å². The summed E-state index contributed by atoms with van der Waals surface area (Å²) >= 11 is 0. The number of benzene rings is 2. The van der Waals surface area contributed by atoms with Gasteiger partial charge in [0.2, 0.25) is 0 Å². The first-order valence-electron chi connectivity index (χ1n) is 9.70. The van der Waals surface area contributed by atoms with Crippen LogP contribution in [0.3, 0.4) is 0 Å². The van der Waals surface area contributed by atoms with E-state index in [0.717, 1.165) is 36.2 Å². The van der Waals surface area contributed by atoms with E-state index < -0.39 is 0 Å². The molecule has 2 heterocycles. The Morgan fingerprint density at radius 2 is 1.86 bits per heavy atom. The first-order valence-corrected chi connectivity index (χ1v) is 9.70. The second kappa shape index (κ2) is 7.84. The van der Waals surface area contributed by atoms with E-state index in [1.54, 1.807) is 9.80 Å². The largest absolute Gasteiger partial charge is 0.385 e. The van der Waals surface area contributed by atoms with Crippen molar-refractivity contribution in [2.45, 2.75) is 26.2 Å². The van der Waals surface area contributed by atoms with E-state index in [1.807, 2.05) is 55.5 Å². The fraction of sp³-hybridized carbons (Fsp3) is 0.318. The number of nitrogens with zero attached hydrogens (tertiary/aromatic N) is 3. The van der Waals surface area contributed by atoms with E-state index in [2.05, 4.69) is 5.16 Å². The second-order valence-electron chi connectivity index (χ2n) is 6.96. The Kier molecular flexibility index (Phi) is 5.10. The number of hydrogen-bond acceptors (Lipinski definition) is 4. The number of carbonyl (C=O) groups excluding carboxylic acids is 2. The lowest BCUT2D eigenvalue weighted by molar-refractivity contribution is -0.123. The van der Waals surface area contributed by atoms with Gasteiger partial charge < -0.3 is 14.6 Å². The van der Waals surface area contributed by atoms with Gasteiger partial charge in [-0.15, -0.1) is 0 Å². The van der Waals surface area contributed by atoms with Crippen molar-refractivity contribution in [3.63, 3.8) is 0 Å². The van der Waals surface area contributed by atoms with Gasteiger partial charge in [0.05, 0.1) is 5.69 Å². The summed E-state index contributed by atoms with van der Waals surface area (Å²) < 4.78 is 0. The maximum absolute atomic E-state index is 12.7. The van der Waals surface area contributed by atoms with Crippen LogP contribution in [0.2, 0.25) is 0 Å². The standard InChI is InChI=1S/C22H23N3O3/c1-2-13-25-19-12-6-4-10-17(19)21(22(25)27)23-28-15-20(26)24-14-7-9-16-8-3-5-11-18(16)24/h3-6,8,10-12H,2,7,9,13-15H2,1H3/b23-21+. The fourth-order valence-corrected chi connectivity index (χ4v) is 3.82. The number of amides is 2. The number of anilines is 2. The van der Waals surface area contributed by atoms with E-state index in [1.165, 1.54) is 5.56 Å². The summed E-state index contributed by atoms with van der Waals surface area (Å²) in [6, 6.07) is 15.4. The molecule has 4 rings (SSSR count). The van der Waals surface area contributed by atoms with Gasteiger partial charge in [0, 0.05) is 24.3 Å². The number of fused-ring (bicyclic) bond motifs is 2. The van der Waals surface area contributed by atoms with E-state index >= 15 is 0 Å². The lowest BCUT2D eigenvalue weighted by Gasteiger charge is -2.28. The third-order valence-electron chi connectivity index (χ3n) is 5.10. The summed E-state index contributed by atoms with van der Waals surface area (Å²) in [5, 5.41) is 4.05. The van der Waals surface area contributed by atoms with Crippen molar-refractivity contribution in [1.29, 1.82) is 0 Å². The van der Waals surface area contributed by atoms with Gasteiger partial charge in [0.25, 0.3) is 11.8 Å². The third kappa shape index (κ3) is 3.26. The van der Waals surface area contributed by atoms with Crippen molar-refractivity contribution >= 4 is 28.9 Å². The number of carbonyl (C=O) groups is 2. The number of para-hydroxylation sites is 2. The zero-order valence-electron chi connectivity index (χ0n) is 15.9. The first-order chi connectivity index (χ1) is 13.7. The molecule has 0 aromatic heterocycles. The Bertz CT molecular complexity index is 938. The van der Waals surface area contributed by atoms with E-state index in [9.17, 15) is 9.59 Å².